The molecule has 1 aromatic rings. The number of carbonyl (C=O) groups is 1. The Labute approximate surface area is 102 Å². The van der Waals surface area contributed by atoms with E-state index in [2.05, 4.69) is 5.32 Å². The molecule has 0 fully saturated rings. The molecule has 0 saturated heterocycles. The molecule has 0 aliphatic heterocycles. The number of rotatable bonds is 3. The van der Waals surface area contributed by atoms with Crippen molar-refractivity contribution < 1.29 is 9.53 Å². The molecule has 1 rings (SSSR count). The van der Waals surface area contributed by atoms with Crippen LogP contribution in [0.1, 0.15) is 26.3 Å². The Balaban J connectivity index is 2.71. The van der Waals surface area contributed by atoms with Crippen LogP contribution >= 0.6 is 0 Å². The van der Waals surface area contributed by atoms with E-state index in [1.165, 1.54) is 0 Å². The molecule has 0 aliphatic rings. The van der Waals surface area contributed by atoms with Gasteiger partial charge in [-0.05, 0) is 45.4 Å². The van der Waals surface area contributed by atoms with Crippen LogP contribution in [0.2, 0.25) is 0 Å². The molecule has 0 saturated carbocycles. The zero-order valence-electron chi connectivity index (χ0n) is 10.6. The van der Waals surface area contributed by atoms with Gasteiger partial charge in [0, 0.05) is 5.69 Å². The fourth-order valence-electron chi connectivity index (χ4n) is 1.43. The van der Waals surface area contributed by atoms with E-state index in [-0.39, 0.29) is 0 Å². The van der Waals surface area contributed by atoms with Crippen LogP contribution in [0.15, 0.2) is 24.3 Å². The van der Waals surface area contributed by atoms with Crippen LogP contribution in [0.4, 0.5) is 10.5 Å². The average molecular weight is 236 g/mol. The molecule has 0 bridgehead atoms. The molecule has 0 radical (unpaired) electrons. The SMILES string of the molecule is CC(C)(C)OC(=O)Nc1ccccc1CCN. The first-order valence-electron chi connectivity index (χ1n) is 5.70. The number of hydrogen-bond acceptors (Lipinski definition) is 3. The molecule has 1 aromatic carbocycles. The van der Waals surface area contributed by atoms with Crippen LogP contribution in [0.25, 0.3) is 0 Å². The lowest BCUT2D eigenvalue weighted by Crippen LogP contribution is -2.27. The van der Waals surface area contributed by atoms with Gasteiger partial charge in [-0.15, -0.1) is 0 Å². The van der Waals surface area contributed by atoms with E-state index in [1.54, 1.807) is 0 Å². The van der Waals surface area contributed by atoms with Crippen LogP contribution in [-0.2, 0) is 11.2 Å². The topological polar surface area (TPSA) is 64.3 Å². The number of hydrogen-bond donors (Lipinski definition) is 2. The van der Waals surface area contributed by atoms with Crippen molar-refractivity contribution in [1.82, 2.24) is 0 Å². The van der Waals surface area contributed by atoms with Crippen molar-refractivity contribution in [2.75, 3.05) is 11.9 Å². The predicted octanol–water partition coefficient (Wildman–Crippen LogP) is 2.53. The van der Waals surface area contributed by atoms with Crippen LogP contribution in [0.3, 0.4) is 0 Å². The Kier molecular flexibility index (Phi) is 4.52. The summed E-state index contributed by atoms with van der Waals surface area (Å²) in [5, 5.41) is 2.74. The smallest absolute Gasteiger partial charge is 0.412 e. The van der Waals surface area contributed by atoms with Gasteiger partial charge >= 0.3 is 6.09 Å². The average Bonchev–Trinajstić information content (AvgIpc) is 2.18. The summed E-state index contributed by atoms with van der Waals surface area (Å²) in [5.74, 6) is 0. The molecule has 0 unspecified atom stereocenters. The third-order valence-electron chi connectivity index (χ3n) is 2.07. The summed E-state index contributed by atoms with van der Waals surface area (Å²) in [7, 11) is 0. The number of benzene rings is 1. The molecular formula is C13H20N2O2. The van der Waals surface area contributed by atoms with Crippen molar-refractivity contribution in [3.8, 4) is 0 Å². The maximum Gasteiger partial charge on any atom is 0.412 e. The molecule has 0 spiro atoms. The van der Waals surface area contributed by atoms with Crippen LogP contribution in [0, 0.1) is 0 Å². The highest BCUT2D eigenvalue weighted by Crippen LogP contribution is 2.17. The third-order valence-corrected chi connectivity index (χ3v) is 2.07. The highest BCUT2D eigenvalue weighted by atomic mass is 16.6. The summed E-state index contributed by atoms with van der Waals surface area (Å²) in [5.41, 5.74) is 6.80. The van der Waals surface area contributed by atoms with Crippen molar-refractivity contribution in [3.05, 3.63) is 29.8 Å². The van der Waals surface area contributed by atoms with Crippen molar-refractivity contribution >= 4 is 11.8 Å². The van der Waals surface area contributed by atoms with Crippen molar-refractivity contribution in [1.29, 1.82) is 0 Å². The van der Waals surface area contributed by atoms with Gasteiger partial charge in [-0.3, -0.25) is 5.32 Å². The number of nitrogens with one attached hydrogen (secondary N) is 1. The third kappa shape index (κ3) is 4.87. The van der Waals surface area contributed by atoms with Gasteiger partial charge in [0.15, 0.2) is 0 Å². The van der Waals surface area contributed by atoms with Crippen LogP contribution < -0.4 is 11.1 Å². The molecule has 4 heteroatoms. The Morgan fingerprint density at radius 3 is 2.59 bits per heavy atom. The first-order valence-corrected chi connectivity index (χ1v) is 5.70. The minimum Gasteiger partial charge on any atom is -0.444 e. The Hall–Kier alpha value is -1.55. The largest absolute Gasteiger partial charge is 0.444 e. The second-order valence-corrected chi connectivity index (χ2v) is 4.82. The minimum atomic E-state index is -0.493. The summed E-state index contributed by atoms with van der Waals surface area (Å²) in [6.07, 6.45) is 0.286. The zero-order valence-corrected chi connectivity index (χ0v) is 10.6. The second kappa shape index (κ2) is 5.68. The van der Waals surface area contributed by atoms with E-state index >= 15 is 0 Å². The fraction of sp³-hybridized carbons (Fsp3) is 0.462. The molecule has 0 aliphatic carbocycles. The normalized spacial score (nSPS) is 11.1. The number of anilines is 1. The highest BCUT2D eigenvalue weighted by Gasteiger charge is 2.16. The summed E-state index contributed by atoms with van der Waals surface area (Å²) in [6, 6.07) is 7.58. The Morgan fingerprint density at radius 2 is 2.00 bits per heavy atom. The predicted molar refractivity (Wildman–Crippen MR) is 69.1 cm³/mol. The van der Waals surface area contributed by atoms with Gasteiger partial charge < -0.3 is 10.5 Å². The lowest BCUT2D eigenvalue weighted by atomic mass is 10.1. The van der Waals surface area contributed by atoms with Crippen molar-refractivity contribution in [3.63, 3.8) is 0 Å². The maximum atomic E-state index is 11.6. The lowest BCUT2D eigenvalue weighted by Gasteiger charge is -2.20. The molecule has 17 heavy (non-hydrogen) atoms. The maximum absolute atomic E-state index is 11.6. The van der Waals surface area contributed by atoms with Crippen LogP contribution in [0.5, 0.6) is 0 Å². The van der Waals surface area contributed by atoms with E-state index < -0.39 is 11.7 Å². The zero-order chi connectivity index (χ0) is 12.9. The minimum absolute atomic E-state index is 0.443. The van der Waals surface area contributed by atoms with Gasteiger partial charge in [0.2, 0.25) is 0 Å². The number of carbonyl (C=O) groups excluding carboxylic acids is 1. The van der Waals surface area contributed by atoms with Gasteiger partial charge in [-0.2, -0.15) is 0 Å². The number of para-hydroxylation sites is 1. The summed E-state index contributed by atoms with van der Waals surface area (Å²) < 4.78 is 5.19. The number of ether oxygens (including phenoxy) is 1. The van der Waals surface area contributed by atoms with Crippen molar-refractivity contribution in [2.24, 2.45) is 5.73 Å². The first-order chi connectivity index (χ1) is 7.92. The van der Waals surface area contributed by atoms with Gasteiger partial charge in [0.1, 0.15) is 5.60 Å². The molecule has 0 atom stereocenters. The number of amides is 1. The lowest BCUT2D eigenvalue weighted by molar-refractivity contribution is 0.0636. The molecule has 94 valence electrons. The first kappa shape index (κ1) is 13.5. The van der Waals surface area contributed by atoms with Gasteiger partial charge in [0.25, 0.3) is 0 Å². The van der Waals surface area contributed by atoms with E-state index in [4.69, 9.17) is 10.5 Å². The summed E-state index contributed by atoms with van der Waals surface area (Å²) >= 11 is 0. The summed E-state index contributed by atoms with van der Waals surface area (Å²) in [6.45, 7) is 6.04. The van der Waals surface area contributed by atoms with Gasteiger partial charge in [0.05, 0.1) is 0 Å². The molecule has 0 heterocycles. The van der Waals surface area contributed by atoms with Gasteiger partial charge in [-0.1, -0.05) is 18.2 Å². The van der Waals surface area contributed by atoms with Crippen LogP contribution in [-0.4, -0.2) is 18.2 Å². The highest BCUT2D eigenvalue weighted by molar-refractivity contribution is 5.85. The van der Waals surface area contributed by atoms with E-state index in [0.717, 1.165) is 17.7 Å². The molecule has 4 nitrogen and oxygen atoms in total. The van der Waals surface area contributed by atoms with E-state index in [0.29, 0.717) is 6.54 Å². The monoisotopic (exact) mass is 236 g/mol. The molecular weight excluding hydrogens is 216 g/mol. The standard InChI is InChI=1S/C13H20N2O2/c1-13(2,3)17-12(16)15-11-7-5-4-6-10(11)8-9-14/h4-7H,8-9,14H2,1-3H3,(H,15,16). The van der Waals surface area contributed by atoms with Crippen molar-refractivity contribution in [2.45, 2.75) is 32.8 Å². The molecule has 0 aromatic heterocycles. The Morgan fingerprint density at radius 1 is 1.35 bits per heavy atom. The molecule has 1 amide bonds. The summed E-state index contributed by atoms with van der Waals surface area (Å²) in [4.78, 5) is 11.6. The quantitative estimate of drug-likeness (QED) is 0.847. The molecule has 3 N–H and O–H groups in total. The van der Waals surface area contributed by atoms with E-state index in [9.17, 15) is 4.79 Å². The second-order valence-electron chi connectivity index (χ2n) is 4.82. The number of nitrogens with two attached hydrogens (primary N) is 1. The van der Waals surface area contributed by atoms with E-state index in [1.807, 2.05) is 45.0 Å². The Bertz CT molecular complexity index is 383. The van der Waals surface area contributed by atoms with Gasteiger partial charge in [-0.25, -0.2) is 4.79 Å². The fourth-order valence-corrected chi connectivity index (χ4v) is 1.43.